The highest BCUT2D eigenvalue weighted by molar-refractivity contribution is 9.10. The van der Waals surface area contributed by atoms with Crippen LogP contribution in [0.2, 0.25) is 5.02 Å². The van der Waals surface area contributed by atoms with E-state index < -0.39 is 0 Å². The van der Waals surface area contributed by atoms with E-state index in [1.165, 1.54) is 0 Å². The van der Waals surface area contributed by atoms with E-state index >= 15 is 0 Å². The van der Waals surface area contributed by atoms with Crippen molar-refractivity contribution in [2.45, 2.75) is 6.92 Å². The molecule has 1 heterocycles. The lowest BCUT2D eigenvalue weighted by atomic mass is 10.1. The number of anilines is 1. The SMILES string of the molecule is CNC(=O)C(C)CN(C)c1ncc(Cl)cc1Br. The molecule has 1 unspecified atom stereocenters. The molecule has 1 aromatic heterocycles. The predicted molar refractivity (Wildman–Crippen MR) is 73.4 cm³/mol. The largest absolute Gasteiger partial charge is 0.359 e. The van der Waals surface area contributed by atoms with Crippen LogP contribution in [0.5, 0.6) is 0 Å². The van der Waals surface area contributed by atoms with Crippen molar-refractivity contribution in [1.29, 1.82) is 0 Å². The summed E-state index contributed by atoms with van der Waals surface area (Å²) >= 11 is 9.23. The molecule has 0 aliphatic rings. The minimum absolute atomic E-state index is 0.0157. The van der Waals surface area contributed by atoms with E-state index in [1.807, 2.05) is 18.9 Å². The topological polar surface area (TPSA) is 45.2 Å². The fourth-order valence-electron chi connectivity index (χ4n) is 1.51. The Labute approximate surface area is 114 Å². The number of rotatable bonds is 4. The molecule has 0 fully saturated rings. The quantitative estimate of drug-likeness (QED) is 0.926. The van der Waals surface area contributed by atoms with Gasteiger partial charge in [-0.15, -0.1) is 0 Å². The van der Waals surface area contributed by atoms with Crippen molar-refractivity contribution in [2.24, 2.45) is 5.92 Å². The zero-order valence-electron chi connectivity index (χ0n) is 10.00. The maximum absolute atomic E-state index is 11.4. The van der Waals surface area contributed by atoms with Crippen LogP contribution in [0.15, 0.2) is 16.7 Å². The van der Waals surface area contributed by atoms with Crippen molar-refractivity contribution in [2.75, 3.05) is 25.5 Å². The van der Waals surface area contributed by atoms with Crippen molar-refractivity contribution < 1.29 is 4.79 Å². The number of amides is 1. The standard InChI is InChI=1S/C11H15BrClN3O/c1-7(11(17)14-2)6-16(3)10-9(12)4-8(13)5-15-10/h4-5,7H,6H2,1-3H3,(H,14,17). The molecular formula is C11H15BrClN3O. The third kappa shape index (κ3) is 3.85. The fraction of sp³-hybridized carbons (Fsp3) is 0.455. The lowest BCUT2D eigenvalue weighted by molar-refractivity contribution is -0.123. The maximum Gasteiger partial charge on any atom is 0.224 e. The molecule has 4 nitrogen and oxygen atoms in total. The molecule has 94 valence electrons. The number of carbonyl (C=O) groups excluding carboxylic acids is 1. The summed E-state index contributed by atoms with van der Waals surface area (Å²) in [6, 6.07) is 1.78. The van der Waals surface area contributed by atoms with Gasteiger partial charge >= 0.3 is 0 Å². The first kappa shape index (κ1) is 14.3. The molecule has 0 aliphatic carbocycles. The number of nitrogens with one attached hydrogen (secondary N) is 1. The molecule has 1 atom stereocenters. The second kappa shape index (κ2) is 6.21. The van der Waals surface area contributed by atoms with Gasteiger partial charge in [0.15, 0.2) is 0 Å². The van der Waals surface area contributed by atoms with Crippen molar-refractivity contribution in [3.05, 3.63) is 21.8 Å². The molecule has 0 spiro atoms. The number of carbonyl (C=O) groups is 1. The highest BCUT2D eigenvalue weighted by atomic mass is 79.9. The van der Waals surface area contributed by atoms with E-state index in [2.05, 4.69) is 26.2 Å². The van der Waals surface area contributed by atoms with Crippen molar-refractivity contribution in [3.8, 4) is 0 Å². The van der Waals surface area contributed by atoms with Gasteiger partial charge in [0.2, 0.25) is 5.91 Å². The number of hydrogen-bond acceptors (Lipinski definition) is 3. The third-order valence-electron chi connectivity index (χ3n) is 2.39. The van der Waals surface area contributed by atoms with Crippen LogP contribution in [-0.4, -0.2) is 31.5 Å². The van der Waals surface area contributed by atoms with Crippen LogP contribution >= 0.6 is 27.5 Å². The summed E-state index contributed by atoms with van der Waals surface area (Å²) in [5.74, 6) is 0.682. The van der Waals surface area contributed by atoms with Crippen LogP contribution in [0.1, 0.15) is 6.92 Å². The number of halogens is 2. The Hall–Kier alpha value is -0.810. The van der Waals surface area contributed by atoms with Gasteiger partial charge in [-0.2, -0.15) is 0 Å². The molecule has 0 aliphatic heterocycles. The van der Waals surface area contributed by atoms with Gasteiger partial charge in [-0.1, -0.05) is 18.5 Å². The minimum atomic E-state index is -0.102. The average Bonchev–Trinajstić information content (AvgIpc) is 2.27. The summed E-state index contributed by atoms with van der Waals surface area (Å²) in [4.78, 5) is 17.6. The molecule has 1 aromatic rings. The first-order chi connectivity index (χ1) is 7.95. The summed E-state index contributed by atoms with van der Waals surface area (Å²) in [5.41, 5.74) is 0. The Kier molecular flexibility index (Phi) is 5.21. The molecule has 1 amide bonds. The summed E-state index contributed by atoms with van der Waals surface area (Å²) in [6.45, 7) is 2.46. The monoisotopic (exact) mass is 319 g/mol. The van der Waals surface area contributed by atoms with E-state index in [-0.39, 0.29) is 11.8 Å². The zero-order valence-corrected chi connectivity index (χ0v) is 12.3. The zero-order chi connectivity index (χ0) is 13.0. The molecule has 1 N–H and O–H groups in total. The van der Waals surface area contributed by atoms with Crippen LogP contribution in [0.3, 0.4) is 0 Å². The number of aromatic nitrogens is 1. The van der Waals surface area contributed by atoms with Gasteiger partial charge in [-0.3, -0.25) is 4.79 Å². The Bertz CT molecular complexity index is 414. The van der Waals surface area contributed by atoms with Gasteiger partial charge in [0.25, 0.3) is 0 Å². The second-order valence-corrected chi connectivity index (χ2v) is 5.15. The average molecular weight is 321 g/mol. The normalized spacial score (nSPS) is 12.1. The van der Waals surface area contributed by atoms with Gasteiger partial charge < -0.3 is 10.2 Å². The molecule has 6 heteroatoms. The Morgan fingerprint density at radius 1 is 1.71 bits per heavy atom. The second-order valence-electron chi connectivity index (χ2n) is 3.85. The lowest BCUT2D eigenvalue weighted by Crippen LogP contribution is -2.34. The third-order valence-corrected chi connectivity index (χ3v) is 3.18. The first-order valence-electron chi connectivity index (χ1n) is 5.19. The Morgan fingerprint density at radius 3 is 2.88 bits per heavy atom. The van der Waals surface area contributed by atoms with Gasteiger partial charge in [-0.05, 0) is 22.0 Å². The Morgan fingerprint density at radius 2 is 2.35 bits per heavy atom. The number of pyridine rings is 1. The molecule has 0 radical (unpaired) electrons. The molecule has 0 aromatic carbocycles. The predicted octanol–water partition coefficient (Wildman–Crippen LogP) is 2.32. The minimum Gasteiger partial charge on any atom is -0.359 e. The van der Waals surface area contributed by atoms with Gasteiger partial charge in [-0.25, -0.2) is 4.98 Å². The molecule has 1 rings (SSSR count). The Balaban J connectivity index is 2.76. The maximum atomic E-state index is 11.4. The van der Waals surface area contributed by atoms with Crippen LogP contribution in [-0.2, 0) is 4.79 Å². The highest BCUT2D eigenvalue weighted by Gasteiger charge is 2.16. The molecule has 17 heavy (non-hydrogen) atoms. The van der Waals surface area contributed by atoms with Gasteiger partial charge in [0, 0.05) is 26.8 Å². The fourth-order valence-corrected chi connectivity index (χ4v) is 2.46. The van der Waals surface area contributed by atoms with Gasteiger partial charge in [0.1, 0.15) is 5.82 Å². The molecule has 0 bridgehead atoms. The van der Waals surface area contributed by atoms with Crippen LogP contribution in [0.25, 0.3) is 0 Å². The van der Waals surface area contributed by atoms with E-state index in [0.717, 1.165) is 10.3 Å². The van der Waals surface area contributed by atoms with Crippen LogP contribution in [0.4, 0.5) is 5.82 Å². The van der Waals surface area contributed by atoms with E-state index in [0.29, 0.717) is 11.6 Å². The summed E-state index contributed by atoms with van der Waals surface area (Å²) in [7, 11) is 3.52. The smallest absolute Gasteiger partial charge is 0.224 e. The first-order valence-corrected chi connectivity index (χ1v) is 6.36. The summed E-state index contributed by atoms with van der Waals surface area (Å²) in [5, 5.41) is 3.20. The van der Waals surface area contributed by atoms with Crippen molar-refractivity contribution in [3.63, 3.8) is 0 Å². The molecular weight excluding hydrogens is 305 g/mol. The highest BCUT2D eigenvalue weighted by Crippen LogP contribution is 2.26. The van der Waals surface area contributed by atoms with Crippen molar-refractivity contribution >= 4 is 39.3 Å². The van der Waals surface area contributed by atoms with Crippen LogP contribution < -0.4 is 10.2 Å². The van der Waals surface area contributed by atoms with Gasteiger partial charge in [0.05, 0.1) is 15.4 Å². The van der Waals surface area contributed by atoms with E-state index in [1.54, 1.807) is 19.3 Å². The summed E-state index contributed by atoms with van der Waals surface area (Å²) in [6.07, 6.45) is 1.59. The van der Waals surface area contributed by atoms with E-state index in [4.69, 9.17) is 11.6 Å². The lowest BCUT2D eigenvalue weighted by Gasteiger charge is -2.22. The molecule has 0 saturated heterocycles. The van der Waals surface area contributed by atoms with E-state index in [9.17, 15) is 4.79 Å². The summed E-state index contributed by atoms with van der Waals surface area (Å²) < 4.78 is 0.816. The van der Waals surface area contributed by atoms with Crippen molar-refractivity contribution in [1.82, 2.24) is 10.3 Å². The number of nitrogens with zero attached hydrogens (tertiary/aromatic N) is 2. The number of hydrogen-bond donors (Lipinski definition) is 1. The molecule has 0 saturated carbocycles. The van der Waals surface area contributed by atoms with Crippen LogP contribution in [0, 0.1) is 5.92 Å².